The highest BCUT2D eigenvalue weighted by atomic mass is 16.5. The third kappa shape index (κ3) is 4.34. The molecule has 2 aliphatic heterocycles. The molecule has 2 aliphatic rings. The molecule has 0 saturated carbocycles. The third-order valence-electron chi connectivity index (χ3n) is 5.63. The van der Waals surface area contributed by atoms with Crippen molar-refractivity contribution in [2.75, 3.05) is 32.8 Å². The molecule has 1 fully saturated rings. The molecule has 2 heterocycles. The van der Waals surface area contributed by atoms with Gasteiger partial charge in [-0.05, 0) is 37.1 Å². The first-order valence-electron chi connectivity index (χ1n) is 10.2. The lowest BCUT2D eigenvalue weighted by atomic mass is 10.0. The van der Waals surface area contributed by atoms with Crippen molar-refractivity contribution < 1.29 is 9.53 Å². The van der Waals surface area contributed by atoms with Crippen LogP contribution in [0.4, 0.5) is 0 Å². The van der Waals surface area contributed by atoms with E-state index in [9.17, 15) is 4.79 Å². The van der Waals surface area contributed by atoms with Gasteiger partial charge in [-0.2, -0.15) is 0 Å². The maximum atomic E-state index is 13.6. The van der Waals surface area contributed by atoms with Crippen molar-refractivity contribution in [2.45, 2.75) is 25.0 Å². The van der Waals surface area contributed by atoms with Gasteiger partial charge in [-0.1, -0.05) is 72.8 Å². The van der Waals surface area contributed by atoms with Gasteiger partial charge in [0.2, 0.25) is 0 Å². The Bertz CT molecular complexity index is 785. The summed E-state index contributed by atoms with van der Waals surface area (Å²) in [4.78, 5) is 18.1. The largest absolute Gasteiger partial charge is 0.360 e. The van der Waals surface area contributed by atoms with Gasteiger partial charge in [0.15, 0.2) is 6.10 Å². The Morgan fingerprint density at radius 1 is 0.929 bits per heavy atom. The predicted octanol–water partition coefficient (Wildman–Crippen LogP) is 3.98. The minimum absolute atomic E-state index is 0.0179. The molecule has 1 saturated heterocycles. The molecule has 2 atom stereocenters. The summed E-state index contributed by atoms with van der Waals surface area (Å²) in [5.41, 5.74) is 2.10. The van der Waals surface area contributed by atoms with Crippen LogP contribution in [0, 0.1) is 0 Å². The van der Waals surface area contributed by atoms with Gasteiger partial charge in [-0.25, -0.2) is 0 Å². The van der Waals surface area contributed by atoms with Crippen molar-refractivity contribution >= 4 is 5.91 Å². The molecular formula is C24H28N2O2. The van der Waals surface area contributed by atoms with Gasteiger partial charge in [0.25, 0.3) is 5.91 Å². The molecule has 0 aliphatic carbocycles. The lowest BCUT2D eigenvalue weighted by Gasteiger charge is -2.37. The minimum atomic E-state index is -0.559. The van der Waals surface area contributed by atoms with E-state index >= 15 is 0 Å². The number of amides is 1. The van der Waals surface area contributed by atoms with Crippen molar-refractivity contribution in [1.29, 1.82) is 0 Å². The summed E-state index contributed by atoms with van der Waals surface area (Å²) >= 11 is 0. The Morgan fingerprint density at radius 3 is 2.32 bits per heavy atom. The fourth-order valence-corrected chi connectivity index (χ4v) is 4.14. The number of hydrogen-bond donors (Lipinski definition) is 0. The molecule has 146 valence electrons. The van der Waals surface area contributed by atoms with E-state index in [0.29, 0.717) is 13.2 Å². The van der Waals surface area contributed by atoms with Gasteiger partial charge in [0.05, 0.1) is 12.6 Å². The number of likely N-dealkylation sites (tertiary alicyclic amines) is 1. The molecule has 4 rings (SSSR count). The normalized spacial score (nSPS) is 23.2. The number of benzene rings is 2. The number of carbonyl (C=O) groups is 1. The summed E-state index contributed by atoms with van der Waals surface area (Å²) in [7, 11) is 0. The second kappa shape index (κ2) is 9.18. The highest BCUT2D eigenvalue weighted by Crippen LogP contribution is 2.29. The first-order valence-corrected chi connectivity index (χ1v) is 10.2. The molecular weight excluding hydrogens is 348 g/mol. The van der Waals surface area contributed by atoms with Crippen molar-refractivity contribution in [1.82, 2.24) is 9.80 Å². The summed E-state index contributed by atoms with van der Waals surface area (Å²) in [6, 6.07) is 20.3. The van der Waals surface area contributed by atoms with E-state index in [1.165, 1.54) is 18.4 Å². The number of carbonyl (C=O) groups excluding carboxylic acids is 1. The average molecular weight is 377 g/mol. The maximum absolute atomic E-state index is 13.6. The molecule has 4 heteroatoms. The number of hydrogen-bond acceptors (Lipinski definition) is 3. The Hall–Kier alpha value is -2.43. The van der Waals surface area contributed by atoms with E-state index < -0.39 is 6.10 Å². The molecule has 28 heavy (non-hydrogen) atoms. The van der Waals surface area contributed by atoms with E-state index in [4.69, 9.17) is 4.74 Å². The molecule has 2 aromatic rings. The molecule has 0 radical (unpaired) electrons. The molecule has 0 aromatic heterocycles. The Kier molecular flexibility index (Phi) is 6.20. The topological polar surface area (TPSA) is 32.8 Å². The Labute approximate surface area is 167 Å². The quantitative estimate of drug-likeness (QED) is 0.740. The summed E-state index contributed by atoms with van der Waals surface area (Å²) in [6.07, 6.45) is 6.00. The molecule has 0 spiro atoms. The summed E-state index contributed by atoms with van der Waals surface area (Å²) in [5.74, 6) is 0.0450. The van der Waals surface area contributed by atoms with E-state index in [0.717, 1.165) is 25.2 Å². The van der Waals surface area contributed by atoms with Gasteiger partial charge in [-0.15, -0.1) is 0 Å². The second-order valence-electron chi connectivity index (χ2n) is 7.52. The van der Waals surface area contributed by atoms with Crippen LogP contribution in [0.3, 0.4) is 0 Å². The molecule has 4 nitrogen and oxygen atoms in total. The predicted molar refractivity (Wildman–Crippen MR) is 111 cm³/mol. The van der Waals surface area contributed by atoms with Crippen LogP contribution in [-0.2, 0) is 9.53 Å². The fourth-order valence-electron chi connectivity index (χ4n) is 4.14. The SMILES string of the molecule is O=C1C(c2ccccc2)OC/C=C\CN1C(CN1CCCC1)c1ccccc1. The van der Waals surface area contributed by atoms with Gasteiger partial charge < -0.3 is 14.5 Å². The van der Waals surface area contributed by atoms with Crippen LogP contribution in [0.2, 0.25) is 0 Å². The number of nitrogens with zero attached hydrogens (tertiary/aromatic N) is 2. The molecule has 0 bridgehead atoms. The van der Waals surface area contributed by atoms with Crippen molar-refractivity contribution in [3.05, 3.63) is 83.9 Å². The zero-order valence-electron chi connectivity index (χ0n) is 16.2. The summed E-state index contributed by atoms with van der Waals surface area (Å²) in [6.45, 7) is 4.16. The average Bonchev–Trinajstić information content (AvgIpc) is 3.25. The standard InChI is InChI=1S/C24H28N2O2/c27-24-23(21-13-5-2-6-14-21)28-18-10-9-17-26(24)22(19-25-15-7-8-16-25)20-11-3-1-4-12-20/h1-6,9-14,22-23H,7-8,15-19H2/b10-9-. The number of rotatable bonds is 5. The van der Waals surface area contributed by atoms with Crippen LogP contribution in [0.25, 0.3) is 0 Å². The van der Waals surface area contributed by atoms with Gasteiger partial charge in [0.1, 0.15) is 0 Å². The number of ether oxygens (including phenoxy) is 1. The highest BCUT2D eigenvalue weighted by molar-refractivity contribution is 5.83. The van der Waals surface area contributed by atoms with Crippen molar-refractivity contribution in [3.63, 3.8) is 0 Å². The third-order valence-corrected chi connectivity index (χ3v) is 5.63. The van der Waals surface area contributed by atoms with Crippen molar-refractivity contribution in [3.8, 4) is 0 Å². The van der Waals surface area contributed by atoms with Gasteiger partial charge in [0, 0.05) is 13.1 Å². The van der Waals surface area contributed by atoms with Crippen LogP contribution in [0.5, 0.6) is 0 Å². The van der Waals surface area contributed by atoms with Crippen molar-refractivity contribution in [2.24, 2.45) is 0 Å². The van der Waals surface area contributed by atoms with E-state index in [1.807, 2.05) is 47.4 Å². The highest BCUT2D eigenvalue weighted by Gasteiger charge is 2.33. The second-order valence-corrected chi connectivity index (χ2v) is 7.52. The maximum Gasteiger partial charge on any atom is 0.257 e. The van der Waals surface area contributed by atoms with E-state index in [1.54, 1.807) is 0 Å². The Morgan fingerprint density at radius 2 is 1.61 bits per heavy atom. The van der Waals surface area contributed by atoms with Crippen LogP contribution < -0.4 is 0 Å². The van der Waals surface area contributed by atoms with Gasteiger partial charge in [-0.3, -0.25) is 4.79 Å². The molecule has 1 amide bonds. The molecule has 2 aromatic carbocycles. The monoisotopic (exact) mass is 376 g/mol. The zero-order chi connectivity index (χ0) is 19.2. The van der Waals surface area contributed by atoms with Crippen LogP contribution >= 0.6 is 0 Å². The van der Waals surface area contributed by atoms with E-state index in [-0.39, 0.29) is 11.9 Å². The summed E-state index contributed by atoms with van der Waals surface area (Å²) < 4.78 is 5.98. The first-order chi connectivity index (χ1) is 13.8. The fraction of sp³-hybridized carbons (Fsp3) is 0.375. The lowest BCUT2D eigenvalue weighted by molar-refractivity contribution is -0.146. The Balaban J connectivity index is 1.66. The smallest absolute Gasteiger partial charge is 0.257 e. The summed E-state index contributed by atoms with van der Waals surface area (Å²) in [5, 5.41) is 0. The zero-order valence-corrected chi connectivity index (χ0v) is 16.2. The van der Waals surface area contributed by atoms with Gasteiger partial charge >= 0.3 is 0 Å². The minimum Gasteiger partial charge on any atom is -0.360 e. The van der Waals surface area contributed by atoms with Crippen LogP contribution in [0.1, 0.15) is 36.1 Å². The molecule has 2 unspecified atom stereocenters. The lowest BCUT2D eigenvalue weighted by Crippen LogP contribution is -2.44. The first kappa shape index (κ1) is 18.9. The van der Waals surface area contributed by atoms with Crippen LogP contribution in [0.15, 0.2) is 72.8 Å². The van der Waals surface area contributed by atoms with E-state index in [2.05, 4.69) is 35.2 Å². The van der Waals surface area contributed by atoms with Crippen LogP contribution in [-0.4, -0.2) is 48.5 Å². The molecule has 0 N–H and O–H groups in total.